The maximum absolute atomic E-state index is 6.36. The molecule has 6 nitrogen and oxygen atoms in total. The van der Waals surface area contributed by atoms with Crippen molar-refractivity contribution in [2.24, 2.45) is 0 Å². The quantitative estimate of drug-likeness (QED) is 0.302. The molecule has 30 heavy (non-hydrogen) atoms. The van der Waals surface area contributed by atoms with E-state index in [-0.39, 0.29) is 0 Å². The van der Waals surface area contributed by atoms with Gasteiger partial charge in [0.15, 0.2) is 4.34 Å². The van der Waals surface area contributed by atoms with Crippen LogP contribution >= 0.6 is 34.4 Å². The van der Waals surface area contributed by atoms with Gasteiger partial charge >= 0.3 is 0 Å². The zero-order chi connectivity index (χ0) is 20.3. The standard InChI is InChI=1S/C21H22N6S3/c22-18-17-14-9-5-2-6-10-15(14)29-19(17)25-16(24-18)12-28-21-27-26-20(30-21)23-11-13-7-3-1-4-8-13/h1,3-4,7-8H,2,5-6,9-12H2,(H,23,26)(H2,22,24,25). The van der Waals surface area contributed by atoms with Gasteiger partial charge in [0.2, 0.25) is 5.13 Å². The first kappa shape index (κ1) is 19.7. The van der Waals surface area contributed by atoms with E-state index < -0.39 is 0 Å². The summed E-state index contributed by atoms with van der Waals surface area (Å²) in [6.45, 7) is 0.736. The molecule has 3 N–H and O–H groups in total. The van der Waals surface area contributed by atoms with Crippen LogP contribution in [0.15, 0.2) is 34.7 Å². The fraction of sp³-hybridized carbons (Fsp3) is 0.333. The van der Waals surface area contributed by atoms with Crippen LogP contribution in [0.5, 0.6) is 0 Å². The summed E-state index contributed by atoms with van der Waals surface area (Å²) in [6, 6.07) is 10.3. The van der Waals surface area contributed by atoms with Crippen LogP contribution in [0.1, 0.15) is 41.1 Å². The molecule has 1 aliphatic carbocycles. The molecule has 5 rings (SSSR count). The molecule has 0 amide bonds. The molecule has 0 radical (unpaired) electrons. The van der Waals surface area contributed by atoms with Crippen molar-refractivity contribution >= 4 is 55.6 Å². The lowest BCUT2D eigenvalue weighted by Crippen LogP contribution is -2.00. The smallest absolute Gasteiger partial charge is 0.206 e. The molecule has 1 aromatic carbocycles. The van der Waals surface area contributed by atoms with E-state index in [0.29, 0.717) is 11.6 Å². The van der Waals surface area contributed by atoms with Crippen molar-refractivity contribution in [3.8, 4) is 0 Å². The maximum Gasteiger partial charge on any atom is 0.206 e. The fourth-order valence-corrected chi connectivity index (χ4v) is 6.60. The second-order valence-corrected chi connectivity index (χ2v) is 10.6. The second-order valence-electron chi connectivity index (χ2n) is 7.27. The van der Waals surface area contributed by atoms with E-state index in [9.17, 15) is 0 Å². The molecule has 9 heteroatoms. The van der Waals surface area contributed by atoms with Crippen molar-refractivity contribution in [3.63, 3.8) is 0 Å². The van der Waals surface area contributed by atoms with Gasteiger partial charge in [-0.3, -0.25) is 0 Å². The molecular weight excluding hydrogens is 432 g/mol. The third kappa shape index (κ3) is 4.28. The van der Waals surface area contributed by atoms with Gasteiger partial charge in [-0.25, -0.2) is 9.97 Å². The van der Waals surface area contributed by atoms with Crippen molar-refractivity contribution < 1.29 is 0 Å². The number of thiophene rings is 1. The molecule has 4 aromatic rings. The van der Waals surface area contributed by atoms with E-state index in [1.807, 2.05) is 18.2 Å². The summed E-state index contributed by atoms with van der Waals surface area (Å²) in [5.41, 5.74) is 8.96. The maximum atomic E-state index is 6.36. The minimum Gasteiger partial charge on any atom is -0.383 e. The van der Waals surface area contributed by atoms with E-state index in [4.69, 9.17) is 10.7 Å². The molecule has 0 unspecified atom stereocenters. The summed E-state index contributed by atoms with van der Waals surface area (Å²) in [4.78, 5) is 11.9. The third-order valence-corrected chi connectivity index (χ3v) is 8.35. The number of nitrogens with two attached hydrogens (primary N) is 1. The van der Waals surface area contributed by atoms with Crippen molar-refractivity contribution in [2.45, 2.75) is 48.7 Å². The lowest BCUT2D eigenvalue weighted by atomic mass is 10.1. The predicted octanol–water partition coefficient (Wildman–Crippen LogP) is 5.30. The van der Waals surface area contributed by atoms with Gasteiger partial charge in [-0.1, -0.05) is 59.9 Å². The van der Waals surface area contributed by atoms with Gasteiger partial charge < -0.3 is 11.1 Å². The Labute approximate surface area is 187 Å². The predicted molar refractivity (Wildman–Crippen MR) is 126 cm³/mol. The number of rotatable bonds is 6. The van der Waals surface area contributed by atoms with E-state index in [0.717, 1.165) is 44.9 Å². The Morgan fingerprint density at radius 1 is 1.00 bits per heavy atom. The number of anilines is 2. The highest BCUT2D eigenvalue weighted by Crippen LogP contribution is 2.37. The molecule has 0 saturated heterocycles. The Kier molecular flexibility index (Phi) is 5.83. The van der Waals surface area contributed by atoms with Crippen LogP contribution in [-0.4, -0.2) is 20.2 Å². The summed E-state index contributed by atoms with van der Waals surface area (Å²) >= 11 is 4.95. The van der Waals surface area contributed by atoms with Crippen LogP contribution in [0.3, 0.4) is 0 Å². The Bertz CT molecular complexity index is 1150. The number of benzene rings is 1. The minimum atomic E-state index is 0.623. The number of fused-ring (bicyclic) bond motifs is 3. The zero-order valence-corrected chi connectivity index (χ0v) is 18.9. The van der Waals surface area contributed by atoms with Gasteiger partial charge in [-0.05, 0) is 36.8 Å². The van der Waals surface area contributed by atoms with Crippen molar-refractivity contribution in [2.75, 3.05) is 11.1 Å². The number of hydrogen-bond acceptors (Lipinski definition) is 9. The lowest BCUT2D eigenvalue weighted by molar-refractivity contribution is 0.713. The van der Waals surface area contributed by atoms with Gasteiger partial charge in [-0.15, -0.1) is 21.5 Å². The molecular formula is C21H22N6S3. The molecule has 1 aliphatic rings. The zero-order valence-electron chi connectivity index (χ0n) is 16.4. The van der Waals surface area contributed by atoms with E-state index in [2.05, 4.69) is 32.6 Å². The summed E-state index contributed by atoms with van der Waals surface area (Å²) in [6.07, 6.45) is 6.02. The first-order valence-electron chi connectivity index (χ1n) is 10.1. The Balaban J connectivity index is 1.26. The van der Waals surface area contributed by atoms with Crippen LogP contribution in [-0.2, 0) is 25.1 Å². The van der Waals surface area contributed by atoms with E-state index >= 15 is 0 Å². The largest absolute Gasteiger partial charge is 0.383 e. The minimum absolute atomic E-state index is 0.623. The summed E-state index contributed by atoms with van der Waals surface area (Å²) in [7, 11) is 0. The molecule has 0 saturated carbocycles. The van der Waals surface area contributed by atoms with Crippen LogP contribution < -0.4 is 11.1 Å². The second kappa shape index (κ2) is 8.87. The Morgan fingerprint density at radius 3 is 2.77 bits per heavy atom. The number of aryl methyl sites for hydroxylation is 2. The highest BCUT2D eigenvalue weighted by atomic mass is 32.2. The number of nitrogens with zero attached hydrogens (tertiary/aromatic N) is 4. The van der Waals surface area contributed by atoms with Gasteiger partial charge in [0.1, 0.15) is 16.5 Å². The van der Waals surface area contributed by atoms with Crippen LogP contribution in [0.2, 0.25) is 0 Å². The van der Waals surface area contributed by atoms with Crippen LogP contribution in [0, 0.1) is 0 Å². The summed E-state index contributed by atoms with van der Waals surface area (Å²) < 4.78 is 0.898. The van der Waals surface area contributed by atoms with Crippen molar-refractivity contribution in [3.05, 3.63) is 52.2 Å². The van der Waals surface area contributed by atoms with Gasteiger partial charge in [-0.2, -0.15) is 0 Å². The number of thioether (sulfide) groups is 1. The molecule has 0 atom stereocenters. The number of hydrogen-bond donors (Lipinski definition) is 2. The molecule has 154 valence electrons. The van der Waals surface area contributed by atoms with Crippen molar-refractivity contribution in [1.29, 1.82) is 0 Å². The Hall–Kier alpha value is -2.23. The first-order chi connectivity index (χ1) is 14.8. The van der Waals surface area contributed by atoms with Gasteiger partial charge in [0.25, 0.3) is 0 Å². The molecule has 3 aromatic heterocycles. The number of nitrogens with one attached hydrogen (secondary N) is 1. The van der Waals surface area contributed by atoms with Gasteiger partial charge in [0.05, 0.1) is 11.1 Å². The van der Waals surface area contributed by atoms with Crippen LogP contribution in [0.25, 0.3) is 10.2 Å². The molecule has 3 heterocycles. The van der Waals surface area contributed by atoms with Gasteiger partial charge in [0, 0.05) is 11.4 Å². The molecule has 0 aliphatic heterocycles. The third-order valence-electron chi connectivity index (χ3n) is 5.16. The SMILES string of the molecule is Nc1nc(CSc2nnc(NCc3ccccc3)s2)nc2sc3c(c12)CCCCC3. The Morgan fingerprint density at radius 2 is 1.87 bits per heavy atom. The van der Waals surface area contributed by atoms with E-state index in [1.165, 1.54) is 35.3 Å². The monoisotopic (exact) mass is 454 g/mol. The fourth-order valence-electron chi connectivity index (χ4n) is 3.71. The number of aromatic nitrogens is 4. The van der Waals surface area contributed by atoms with Crippen molar-refractivity contribution in [1.82, 2.24) is 20.2 Å². The normalized spacial score (nSPS) is 13.9. The highest BCUT2D eigenvalue weighted by molar-refractivity contribution is 8.00. The van der Waals surface area contributed by atoms with Crippen LogP contribution in [0.4, 0.5) is 10.9 Å². The highest BCUT2D eigenvalue weighted by Gasteiger charge is 2.19. The first-order valence-corrected chi connectivity index (χ1v) is 12.7. The number of nitrogen functional groups attached to an aromatic ring is 1. The van der Waals surface area contributed by atoms with E-state index in [1.54, 1.807) is 34.4 Å². The lowest BCUT2D eigenvalue weighted by Gasteiger charge is -2.04. The molecule has 0 fully saturated rings. The summed E-state index contributed by atoms with van der Waals surface area (Å²) in [5.74, 6) is 2.02. The topological polar surface area (TPSA) is 89.6 Å². The average molecular weight is 455 g/mol. The molecule has 0 bridgehead atoms. The summed E-state index contributed by atoms with van der Waals surface area (Å²) in [5, 5.41) is 13.8. The molecule has 0 spiro atoms. The average Bonchev–Trinajstić information content (AvgIpc) is 3.29.